The molecule has 3 N–H and O–H groups in total. The first kappa shape index (κ1) is 14.3. The van der Waals surface area contributed by atoms with Crippen molar-refractivity contribution in [2.24, 2.45) is 0 Å². The van der Waals surface area contributed by atoms with Crippen molar-refractivity contribution in [1.82, 2.24) is 0 Å². The van der Waals surface area contributed by atoms with Crippen LogP contribution in [0.4, 0.5) is 5.69 Å². The number of carboxylic acids is 1. The van der Waals surface area contributed by atoms with E-state index in [-0.39, 0.29) is 12.3 Å². The Morgan fingerprint density at radius 1 is 1.44 bits per heavy atom. The van der Waals surface area contributed by atoms with Crippen molar-refractivity contribution in [1.29, 1.82) is 0 Å². The summed E-state index contributed by atoms with van der Waals surface area (Å²) < 4.78 is 0. The van der Waals surface area contributed by atoms with Gasteiger partial charge in [0.05, 0.1) is 6.54 Å². The lowest BCUT2D eigenvalue weighted by molar-refractivity contribution is -0.155. The summed E-state index contributed by atoms with van der Waals surface area (Å²) in [5.74, 6) is -1.15. The number of aliphatic hydroxyl groups is 1. The van der Waals surface area contributed by atoms with E-state index in [1.54, 1.807) is 23.1 Å². The number of aromatic hydroxyl groups is 1. The van der Waals surface area contributed by atoms with Crippen LogP contribution in [0.1, 0.15) is 19.4 Å². The SMILES string of the molecule is CCN(CC(C)(O)C(=O)O)c1cc(O)ccc1C. The highest BCUT2D eigenvalue weighted by Gasteiger charge is 2.32. The fourth-order valence-electron chi connectivity index (χ4n) is 1.75. The molecule has 1 aromatic rings. The van der Waals surface area contributed by atoms with Crippen molar-refractivity contribution < 1.29 is 20.1 Å². The second-order valence-corrected chi connectivity index (χ2v) is 4.56. The van der Waals surface area contributed by atoms with Crippen molar-refractivity contribution in [2.45, 2.75) is 26.4 Å². The van der Waals surface area contributed by atoms with Crippen LogP contribution in [0.25, 0.3) is 0 Å². The molecule has 0 heterocycles. The number of hydrogen-bond acceptors (Lipinski definition) is 4. The molecule has 0 aliphatic heterocycles. The number of aryl methyl sites for hydroxylation is 1. The van der Waals surface area contributed by atoms with Gasteiger partial charge in [0.1, 0.15) is 5.75 Å². The molecule has 0 fully saturated rings. The Morgan fingerprint density at radius 2 is 2.06 bits per heavy atom. The van der Waals surface area contributed by atoms with Crippen molar-refractivity contribution >= 4 is 11.7 Å². The fraction of sp³-hybridized carbons (Fsp3) is 0.462. The smallest absolute Gasteiger partial charge is 0.337 e. The van der Waals surface area contributed by atoms with Crippen LogP contribution in [0, 0.1) is 6.92 Å². The van der Waals surface area contributed by atoms with E-state index in [0.717, 1.165) is 11.3 Å². The summed E-state index contributed by atoms with van der Waals surface area (Å²) in [7, 11) is 0. The zero-order valence-corrected chi connectivity index (χ0v) is 10.8. The Bertz CT molecular complexity index is 443. The van der Waals surface area contributed by atoms with Gasteiger partial charge in [0.25, 0.3) is 0 Å². The molecular formula is C13H19NO4. The van der Waals surface area contributed by atoms with E-state index in [1.807, 2.05) is 13.8 Å². The molecule has 0 aliphatic carbocycles. The van der Waals surface area contributed by atoms with E-state index in [2.05, 4.69) is 0 Å². The topological polar surface area (TPSA) is 81.0 Å². The number of rotatable bonds is 5. The summed E-state index contributed by atoms with van der Waals surface area (Å²) in [6, 6.07) is 4.89. The van der Waals surface area contributed by atoms with Gasteiger partial charge in [-0.2, -0.15) is 0 Å². The van der Waals surface area contributed by atoms with E-state index >= 15 is 0 Å². The molecule has 0 spiro atoms. The predicted molar refractivity (Wildman–Crippen MR) is 69.0 cm³/mol. The first-order valence-electron chi connectivity index (χ1n) is 5.78. The maximum absolute atomic E-state index is 10.9. The van der Waals surface area contributed by atoms with Gasteiger partial charge in [-0.25, -0.2) is 4.79 Å². The van der Waals surface area contributed by atoms with Crippen molar-refractivity contribution in [3.8, 4) is 5.75 Å². The Labute approximate surface area is 106 Å². The highest BCUT2D eigenvalue weighted by Crippen LogP contribution is 2.26. The molecule has 0 radical (unpaired) electrons. The van der Waals surface area contributed by atoms with Gasteiger partial charge in [-0.3, -0.25) is 0 Å². The molecule has 0 aromatic heterocycles. The third-order valence-corrected chi connectivity index (χ3v) is 2.87. The standard InChI is InChI=1S/C13H19NO4/c1-4-14(8-13(3,18)12(16)17)11-7-10(15)6-5-9(11)2/h5-7,15,18H,4,8H2,1-3H3,(H,16,17). The number of phenols is 1. The van der Waals surface area contributed by atoms with E-state index in [9.17, 15) is 15.0 Å². The lowest BCUT2D eigenvalue weighted by Gasteiger charge is -2.30. The number of carbonyl (C=O) groups is 1. The lowest BCUT2D eigenvalue weighted by atomic mass is 10.1. The second-order valence-electron chi connectivity index (χ2n) is 4.56. The normalized spacial score (nSPS) is 14.0. The molecule has 1 atom stereocenters. The molecule has 0 amide bonds. The van der Waals surface area contributed by atoms with E-state index in [1.165, 1.54) is 6.92 Å². The molecule has 1 unspecified atom stereocenters. The number of carboxylic acid groups (broad SMARTS) is 1. The van der Waals surface area contributed by atoms with Crippen molar-refractivity contribution in [3.05, 3.63) is 23.8 Å². The number of aliphatic carboxylic acids is 1. The third kappa shape index (κ3) is 3.13. The lowest BCUT2D eigenvalue weighted by Crippen LogP contribution is -2.47. The molecule has 5 heteroatoms. The third-order valence-electron chi connectivity index (χ3n) is 2.87. The van der Waals surface area contributed by atoms with Crippen LogP contribution in [0.5, 0.6) is 5.75 Å². The van der Waals surface area contributed by atoms with Crippen LogP contribution in [-0.2, 0) is 4.79 Å². The number of phenolic OH excluding ortho intramolecular Hbond substituents is 1. The first-order valence-corrected chi connectivity index (χ1v) is 5.78. The van der Waals surface area contributed by atoms with Crippen molar-refractivity contribution in [2.75, 3.05) is 18.0 Å². The quantitative estimate of drug-likeness (QED) is 0.738. The molecule has 5 nitrogen and oxygen atoms in total. The first-order chi connectivity index (χ1) is 8.27. The highest BCUT2D eigenvalue weighted by atomic mass is 16.4. The maximum Gasteiger partial charge on any atom is 0.337 e. The van der Waals surface area contributed by atoms with Gasteiger partial charge in [-0.1, -0.05) is 6.07 Å². The van der Waals surface area contributed by atoms with Crippen molar-refractivity contribution in [3.63, 3.8) is 0 Å². The van der Waals surface area contributed by atoms with E-state index in [4.69, 9.17) is 5.11 Å². The largest absolute Gasteiger partial charge is 0.508 e. The van der Waals surface area contributed by atoms with Gasteiger partial charge >= 0.3 is 5.97 Å². The summed E-state index contributed by atoms with van der Waals surface area (Å²) in [5, 5.41) is 28.2. The Kier molecular flexibility index (Phi) is 4.19. The van der Waals surface area contributed by atoms with Gasteiger partial charge < -0.3 is 20.2 Å². The monoisotopic (exact) mass is 253 g/mol. The fourth-order valence-corrected chi connectivity index (χ4v) is 1.75. The van der Waals surface area contributed by atoms with Gasteiger partial charge in [0, 0.05) is 18.3 Å². The summed E-state index contributed by atoms with van der Waals surface area (Å²) >= 11 is 0. The van der Waals surface area contributed by atoms with Crippen LogP contribution < -0.4 is 4.90 Å². The Balaban J connectivity index is 3.03. The van der Waals surface area contributed by atoms with Gasteiger partial charge in [-0.15, -0.1) is 0 Å². The molecule has 1 rings (SSSR count). The van der Waals surface area contributed by atoms with E-state index in [0.29, 0.717) is 6.54 Å². The summed E-state index contributed by atoms with van der Waals surface area (Å²) in [5.41, 5.74) is -0.191. The summed E-state index contributed by atoms with van der Waals surface area (Å²) in [6.07, 6.45) is 0. The predicted octanol–water partition coefficient (Wildman–Crippen LogP) is 1.36. The average Bonchev–Trinajstić information content (AvgIpc) is 2.29. The number of benzene rings is 1. The van der Waals surface area contributed by atoms with Gasteiger partial charge in [0.15, 0.2) is 5.60 Å². The van der Waals surface area contributed by atoms with Crippen LogP contribution in [0.15, 0.2) is 18.2 Å². The summed E-state index contributed by atoms with van der Waals surface area (Å²) in [4.78, 5) is 12.7. The molecule has 18 heavy (non-hydrogen) atoms. The van der Waals surface area contributed by atoms with Crippen LogP contribution in [0.2, 0.25) is 0 Å². The minimum atomic E-state index is -1.83. The zero-order chi connectivity index (χ0) is 13.9. The Morgan fingerprint density at radius 3 is 2.56 bits per heavy atom. The number of likely N-dealkylation sites (N-methyl/N-ethyl adjacent to an activating group) is 1. The minimum absolute atomic E-state index is 0.0386. The molecular weight excluding hydrogens is 234 g/mol. The molecule has 0 aliphatic rings. The molecule has 0 saturated heterocycles. The van der Waals surface area contributed by atoms with Crippen LogP contribution >= 0.6 is 0 Å². The maximum atomic E-state index is 10.9. The Hall–Kier alpha value is -1.75. The minimum Gasteiger partial charge on any atom is -0.508 e. The average molecular weight is 253 g/mol. The van der Waals surface area contributed by atoms with Gasteiger partial charge in [0.2, 0.25) is 0 Å². The zero-order valence-electron chi connectivity index (χ0n) is 10.8. The molecule has 1 aromatic carbocycles. The van der Waals surface area contributed by atoms with Crippen LogP contribution in [-0.4, -0.2) is 40.0 Å². The molecule has 100 valence electrons. The molecule has 0 bridgehead atoms. The highest BCUT2D eigenvalue weighted by molar-refractivity contribution is 5.77. The van der Waals surface area contributed by atoms with Crippen LogP contribution in [0.3, 0.4) is 0 Å². The number of nitrogens with zero attached hydrogens (tertiary/aromatic N) is 1. The van der Waals surface area contributed by atoms with E-state index < -0.39 is 11.6 Å². The number of anilines is 1. The summed E-state index contributed by atoms with van der Waals surface area (Å²) in [6.45, 7) is 5.49. The molecule has 0 saturated carbocycles. The van der Waals surface area contributed by atoms with Gasteiger partial charge in [-0.05, 0) is 32.4 Å². The number of hydrogen-bond donors (Lipinski definition) is 3. The second kappa shape index (κ2) is 5.27.